The van der Waals surface area contributed by atoms with Crippen molar-refractivity contribution in [2.75, 3.05) is 16.3 Å². The minimum absolute atomic E-state index is 0.454. The summed E-state index contributed by atoms with van der Waals surface area (Å²) in [7, 11) is -3.32. The topological polar surface area (TPSA) is 58.2 Å². The zero-order valence-corrected chi connectivity index (χ0v) is 15.5. The van der Waals surface area contributed by atoms with E-state index < -0.39 is 10.0 Å². The SMILES string of the molecule is CS(=O)(=O)Nc1ccc(Cl)c(NCc2cc(Br)c(Cl)s2)c1. The predicted molar refractivity (Wildman–Crippen MR) is 94.3 cm³/mol. The van der Waals surface area contributed by atoms with Crippen LogP contribution in [0, 0.1) is 0 Å². The van der Waals surface area contributed by atoms with Gasteiger partial charge in [-0.2, -0.15) is 0 Å². The highest BCUT2D eigenvalue weighted by atomic mass is 79.9. The fourth-order valence-electron chi connectivity index (χ4n) is 1.60. The van der Waals surface area contributed by atoms with Crippen LogP contribution in [-0.4, -0.2) is 14.7 Å². The first-order valence-corrected chi connectivity index (χ1v) is 9.95. The molecule has 2 rings (SSSR count). The molecule has 0 aliphatic carbocycles. The van der Waals surface area contributed by atoms with Gasteiger partial charge in [0.2, 0.25) is 10.0 Å². The standard InChI is InChI=1S/C12H11BrCl2N2O2S2/c1-21(18,19)17-7-2-3-10(14)11(4-7)16-6-8-5-9(13)12(15)20-8/h2-5,16-17H,6H2,1H3. The Morgan fingerprint density at radius 1 is 1.29 bits per heavy atom. The fraction of sp³-hybridized carbons (Fsp3) is 0.167. The molecule has 2 N–H and O–H groups in total. The van der Waals surface area contributed by atoms with E-state index in [9.17, 15) is 8.42 Å². The van der Waals surface area contributed by atoms with E-state index in [-0.39, 0.29) is 0 Å². The van der Waals surface area contributed by atoms with E-state index in [0.29, 0.717) is 27.3 Å². The van der Waals surface area contributed by atoms with Crippen LogP contribution in [-0.2, 0) is 16.6 Å². The van der Waals surface area contributed by atoms with Gasteiger partial charge in [0.25, 0.3) is 0 Å². The van der Waals surface area contributed by atoms with Crippen molar-refractivity contribution in [2.45, 2.75) is 6.54 Å². The lowest BCUT2D eigenvalue weighted by molar-refractivity contribution is 0.607. The number of nitrogens with one attached hydrogen (secondary N) is 2. The van der Waals surface area contributed by atoms with E-state index in [1.807, 2.05) is 6.07 Å². The van der Waals surface area contributed by atoms with Gasteiger partial charge in [0.1, 0.15) is 4.34 Å². The lowest BCUT2D eigenvalue weighted by Crippen LogP contribution is -2.09. The second-order valence-electron chi connectivity index (χ2n) is 4.26. The molecule has 0 atom stereocenters. The molecule has 0 saturated carbocycles. The van der Waals surface area contributed by atoms with Crippen LogP contribution in [0.2, 0.25) is 9.36 Å². The molecule has 1 heterocycles. The van der Waals surface area contributed by atoms with Crippen LogP contribution in [0.5, 0.6) is 0 Å². The number of halogens is 3. The monoisotopic (exact) mass is 428 g/mol. The molecule has 0 aliphatic rings. The Morgan fingerprint density at radius 3 is 2.57 bits per heavy atom. The Kier molecular flexibility index (Phi) is 5.43. The van der Waals surface area contributed by atoms with Crippen molar-refractivity contribution in [3.63, 3.8) is 0 Å². The molecule has 0 radical (unpaired) electrons. The van der Waals surface area contributed by atoms with Gasteiger partial charge >= 0.3 is 0 Å². The highest BCUT2D eigenvalue weighted by molar-refractivity contribution is 9.10. The second kappa shape index (κ2) is 6.75. The molecule has 1 aromatic carbocycles. The first-order valence-electron chi connectivity index (χ1n) is 5.69. The van der Waals surface area contributed by atoms with Crippen LogP contribution in [0.25, 0.3) is 0 Å². The third-order valence-electron chi connectivity index (χ3n) is 2.42. The van der Waals surface area contributed by atoms with Gasteiger partial charge in [0.05, 0.1) is 22.7 Å². The maximum atomic E-state index is 11.2. The molecule has 0 saturated heterocycles. The van der Waals surface area contributed by atoms with E-state index in [2.05, 4.69) is 26.0 Å². The summed E-state index contributed by atoms with van der Waals surface area (Å²) < 4.78 is 26.4. The van der Waals surface area contributed by atoms with Crippen LogP contribution < -0.4 is 10.0 Å². The molecule has 9 heteroatoms. The number of sulfonamides is 1. The Bertz CT molecular complexity index is 743. The number of benzene rings is 1. The third kappa shape index (κ3) is 5.03. The van der Waals surface area contributed by atoms with Crippen molar-refractivity contribution in [3.05, 3.63) is 43.0 Å². The molecule has 114 valence electrons. The molecular weight excluding hydrogens is 419 g/mol. The van der Waals surface area contributed by atoms with Crippen molar-refractivity contribution in [2.24, 2.45) is 0 Å². The van der Waals surface area contributed by atoms with Gasteiger partial charge in [-0.1, -0.05) is 23.2 Å². The van der Waals surface area contributed by atoms with Crippen molar-refractivity contribution < 1.29 is 8.42 Å². The zero-order valence-electron chi connectivity index (χ0n) is 10.8. The van der Waals surface area contributed by atoms with E-state index in [4.69, 9.17) is 23.2 Å². The molecule has 0 aliphatic heterocycles. The number of thiophene rings is 1. The lowest BCUT2D eigenvalue weighted by atomic mass is 10.3. The van der Waals surface area contributed by atoms with Crippen LogP contribution in [0.15, 0.2) is 28.7 Å². The molecule has 0 amide bonds. The zero-order chi connectivity index (χ0) is 15.6. The average Bonchev–Trinajstić information content (AvgIpc) is 2.68. The molecular formula is C12H11BrCl2N2O2S2. The van der Waals surface area contributed by atoms with Crippen LogP contribution >= 0.6 is 50.5 Å². The molecule has 21 heavy (non-hydrogen) atoms. The Labute approximate surface area is 145 Å². The lowest BCUT2D eigenvalue weighted by Gasteiger charge is -2.10. The summed E-state index contributed by atoms with van der Waals surface area (Å²) in [6.45, 7) is 0.540. The second-order valence-corrected chi connectivity index (χ2v) is 9.01. The summed E-state index contributed by atoms with van der Waals surface area (Å²) in [6, 6.07) is 6.81. The van der Waals surface area contributed by atoms with Gasteiger partial charge in [-0.25, -0.2) is 8.42 Å². The Morgan fingerprint density at radius 2 is 2.00 bits per heavy atom. The number of hydrogen-bond donors (Lipinski definition) is 2. The largest absolute Gasteiger partial charge is 0.379 e. The summed E-state index contributed by atoms with van der Waals surface area (Å²) in [5.74, 6) is 0. The van der Waals surface area contributed by atoms with E-state index in [1.54, 1.807) is 18.2 Å². The van der Waals surface area contributed by atoms with Crippen LogP contribution in [0.4, 0.5) is 11.4 Å². The van der Waals surface area contributed by atoms with Crippen molar-refractivity contribution in [3.8, 4) is 0 Å². The van der Waals surface area contributed by atoms with Crippen molar-refractivity contribution >= 4 is 71.9 Å². The first kappa shape index (κ1) is 16.9. The molecule has 2 aromatic rings. The number of rotatable bonds is 5. The van der Waals surface area contributed by atoms with Gasteiger partial charge in [-0.15, -0.1) is 11.3 Å². The first-order chi connectivity index (χ1) is 9.74. The average molecular weight is 430 g/mol. The molecule has 4 nitrogen and oxygen atoms in total. The minimum Gasteiger partial charge on any atom is -0.379 e. The summed E-state index contributed by atoms with van der Waals surface area (Å²) in [6.07, 6.45) is 1.10. The number of hydrogen-bond acceptors (Lipinski definition) is 4. The molecule has 0 bridgehead atoms. The summed E-state index contributed by atoms with van der Waals surface area (Å²) in [4.78, 5) is 1.03. The highest BCUT2D eigenvalue weighted by Crippen LogP contribution is 2.33. The smallest absolute Gasteiger partial charge is 0.229 e. The summed E-state index contributed by atoms with van der Waals surface area (Å²) in [5, 5.41) is 3.67. The Balaban J connectivity index is 2.13. The van der Waals surface area contributed by atoms with Crippen LogP contribution in [0.3, 0.4) is 0 Å². The number of anilines is 2. The summed E-state index contributed by atoms with van der Waals surface area (Å²) in [5.41, 5.74) is 1.10. The van der Waals surface area contributed by atoms with Crippen molar-refractivity contribution in [1.29, 1.82) is 0 Å². The highest BCUT2D eigenvalue weighted by Gasteiger charge is 2.08. The van der Waals surface area contributed by atoms with Gasteiger partial charge in [0.15, 0.2) is 0 Å². The van der Waals surface area contributed by atoms with Gasteiger partial charge in [-0.3, -0.25) is 4.72 Å². The van der Waals surface area contributed by atoms with E-state index >= 15 is 0 Å². The predicted octanol–water partition coefficient (Wildman–Crippen LogP) is 4.80. The van der Waals surface area contributed by atoms with E-state index in [0.717, 1.165) is 15.6 Å². The van der Waals surface area contributed by atoms with Crippen molar-refractivity contribution in [1.82, 2.24) is 0 Å². The maximum absolute atomic E-state index is 11.2. The van der Waals surface area contributed by atoms with Gasteiger partial charge < -0.3 is 5.32 Å². The van der Waals surface area contributed by atoms with Gasteiger partial charge in [0, 0.05) is 15.9 Å². The fourth-order valence-corrected chi connectivity index (χ4v) is 4.07. The minimum atomic E-state index is -3.32. The quantitative estimate of drug-likeness (QED) is 0.717. The Hall–Kier alpha value is -0.470. The molecule has 0 fully saturated rings. The van der Waals surface area contributed by atoms with Gasteiger partial charge in [-0.05, 0) is 40.2 Å². The third-order valence-corrected chi connectivity index (χ3v) is 5.83. The maximum Gasteiger partial charge on any atom is 0.229 e. The normalized spacial score (nSPS) is 11.4. The summed E-state index contributed by atoms with van der Waals surface area (Å²) >= 11 is 16.9. The molecule has 0 unspecified atom stereocenters. The van der Waals surface area contributed by atoms with Crippen LogP contribution in [0.1, 0.15) is 4.88 Å². The molecule has 0 spiro atoms. The molecule has 1 aromatic heterocycles. The van der Waals surface area contributed by atoms with E-state index in [1.165, 1.54) is 11.3 Å².